The summed E-state index contributed by atoms with van der Waals surface area (Å²) in [7, 11) is 0. The minimum absolute atomic E-state index is 0.0792. The zero-order valence-electron chi connectivity index (χ0n) is 11.1. The third-order valence-electron chi connectivity index (χ3n) is 3.02. The Bertz CT molecular complexity index is 296. The summed E-state index contributed by atoms with van der Waals surface area (Å²) in [5.41, 5.74) is 5.56. The minimum atomic E-state index is -0.294. The van der Waals surface area contributed by atoms with E-state index in [1.165, 1.54) is 13.8 Å². The number of rotatable bonds is 5. The van der Waals surface area contributed by atoms with Crippen LogP contribution in [0.3, 0.4) is 0 Å². The Morgan fingerprint density at radius 2 is 2.06 bits per heavy atom. The number of nitrogens with two attached hydrogens (primary N) is 1. The summed E-state index contributed by atoms with van der Waals surface area (Å²) >= 11 is 0. The Hall–Kier alpha value is -1.14. The number of hydrogen-bond donors (Lipinski definition) is 1. The second kappa shape index (κ2) is 7.33. The van der Waals surface area contributed by atoms with E-state index in [0.29, 0.717) is 19.6 Å². The molecule has 0 amide bonds. The van der Waals surface area contributed by atoms with Crippen molar-refractivity contribution in [2.24, 2.45) is 5.73 Å². The molecule has 2 atom stereocenters. The van der Waals surface area contributed by atoms with Gasteiger partial charge in [0.05, 0.1) is 0 Å². The first-order chi connectivity index (χ1) is 8.52. The molecule has 6 nitrogen and oxygen atoms in total. The quantitative estimate of drug-likeness (QED) is 0.694. The van der Waals surface area contributed by atoms with Crippen LogP contribution in [0, 0.1) is 0 Å². The number of carbonyl (C=O) groups is 2. The maximum atomic E-state index is 11.0. The van der Waals surface area contributed by atoms with Crippen LogP contribution in [-0.2, 0) is 19.1 Å². The summed E-state index contributed by atoms with van der Waals surface area (Å²) in [6.45, 7) is 5.26. The van der Waals surface area contributed by atoms with Crippen molar-refractivity contribution in [1.82, 2.24) is 4.90 Å². The normalized spacial score (nSPS) is 24.6. The summed E-state index contributed by atoms with van der Waals surface area (Å²) in [5.74, 6) is -0.559. The topological polar surface area (TPSA) is 81.9 Å². The molecule has 1 fully saturated rings. The first kappa shape index (κ1) is 14.9. The molecular weight excluding hydrogens is 236 g/mol. The monoisotopic (exact) mass is 258 g/mol. The Morgan fingerprint density at radius 1 is 1.33 bits per heavy atom. The molecule has 6 heteroatoms. The van der Waals surface area contributed by atoms with Crippen molar-refractivity contribution in [3.8, 4) is 0 Å². The van der Waals surface area contributed by atoms with Gasteiger partial charge >= 0.3 is 11.9 Å². The predicted octanol–water partition coefficient (Wildman–Crippen LogP) is -0.0957. The van der Waals surface area contributed by atoms with Crippen LogP contribution in [0.4, 0.5) is 0 Å². The van der Waals surface area contributed by atoms with Gasteiger partial charge in [0, 0.05) is 45.9 Å². The molecule has 104 valence electrons. The number of hydrogen-bond acceptors (Lipinski definition) is 6. The summed E-state index contributed by atoms with van der Waals surface area (Å²) in [4.78, 5) is 24.0. The van der Waals surface area contributed by atoms with Gasteiger partial charge in [0.2, 0.25) is 0 Å². The van der Waals surface area contributed by atoms with Gasteiger partial charge in [-0.05, 0) is 6.42 Å². The van der Waals surface area contributed by atoms with Crippen LogP contribution >= 0.6 is 0 Å². The van der Waals surface area contributed by atoms with Gasteiger partial charge in [-0.2, -0.15) is 0 Å². The van der Waals surface area contributed by atoms with E-state index < -0.39 is 0 Å². The number of esters is 2. The van der Waals surface area contributed by atoms with Crippen LogP contribution in [0.5, 0.6) is 0 Å². The molecule has 0 aromatic rings. The van der Waals surface area contributed by atoms with E-state index in [0.717, 1.165) is 19.5 Å². The van der Waals surface area contributed by atoms with Gasteiger partial charge in [0.1, 0.15) is 12.7 Å². The fourth-order valence-corrected chi connectivity index (χ4v) is 2.25. The van der Waals surface area contributed by atoms with E-state index in [-0.39, 0.29) is 24.1 Å². The average Bonchev–Trinajstić information content (AvgIpc) is 2.28. The third kappa shape index (κ3) is 5.01. The molecule has 0 aromatic carbocycles. The van der Waals surface area contributed by atoms with Crippen molar-refractivity contribution >= 4 is 11.9 Å². The molecule has 0 bridgehead atoms. The summed E-state index contributed by atoms with van der Waals surface area (Å²) in [6, 6.07) is 0.0792. The van der Waals surface area contributed by atoms with Gasteiger partial charge in [-0.25, -0.2) is 0 Å². The van der Waals surface area contributed by atoms with Gasteiger partial charge in [-0.15, -0.1) is 0 Å². The van der Waals surface area contributed by atoms with Gasteiger partial charge in [-0.1, -0.05) is 0 Å². The standard InChI is InChI=1S/C12H22N2O4/c1-9(15)17-8-11-7-12(18-10(2)16)3-5-14(11)6-4-13/h11-12H,3-8,13H2,1-2H3/t11-,12+/m0/s1. The van der Waals surface area contributed by atoms with Crippen LogP contribution in [-0.4, -0.2) is 55.2 Å². The highest BCUT2D eigenvalue weighted by atomic mass is 16.5. The molecule has 1 rings (SSSR count). The van der Waals surface area contributed by atoms with Crippen molar-refractivity contribution in [3.63, 3.8) is 0 Å². The summed E-state index contributed by atoms with van der Waals surface area (Å²) < 4.78 is 10.3. The number of nitrogens with zero attached hydrogens (tertiary/aromatic N) is 1. The molecule has 2 N–H and O–H groups in total. The zero-order chi connectivity index (χ0) is 13.5. The van der Waals surface area contributed by atoms with Crippen molar-refractivity contribution in [3.05, 3.63) is 0 Å². The zero-order valence-corrected chi connectivity index (χ0v) is 11.1. The Labute approximate surface area is 107 Å². The fourth-order valence-electron chi connectivity index (χ4n) is 2.25. The Morgan fingerprint density at radius 3 is 2.61 bits per heavy atom. The lowest BCUT2D eigenvalue weighted by molar-refractivity contribution is -0.153. The van der Waals surface area contributed by atoms with E-state index in [4.69, 9.17) is 15.2 Å². The van der Waals surface area contributed by atoms with E-state index in [9.17, 15) is 9.59 Å². The molecule has 1 aliphatic rings. The van der Waals surface area contributed by atoms with Gasteiger partial charge < -0.3 is 15.2 Å². The van der Waals surface area contributed by atoms with E-state index in [2.05, 4.69) is 4.90 Å². The highest BCUT2D eigenvalue weighted by Gasteiger charge is 2.30. The highest BCUT2D eigenvalue weighted by Crippen LogP contribution is 2.20. The lowest BCUT2D eigenvalue weighted by Crippen LogP contribution is -2.49. The van der Waals surface area contributed by atoms with Crippen LogP contribution in [0.15, 0.2) is 0 Å². The molecule has 0 radical (unpaired) electrons. The molecule has 0 spiro atoms. The van der Waals surface area contributed by atoms with Crippen molar-refractivity contribution in [1.29, 1.82) is 0 Å². The summed E-state index contributed by atoms with van der Waals surface area (Å²) in [5, 5.41) is 0. The fraction of sp³-hybridized carbons (Fsp3) is 0.833. The molecule has 0 unspecified atom stereocenters. The van der Waals surface area contributed by atoms with Gasteiger partial charge in [-0.3, -0.25) is 14.5 Å². The summed E-state index contributed by atoms with van der Waals surface area (Å²) in [6.07, 6.45) is 1.40. The average molecular weight is 258 g/mol. The largest absolute Gasteiger partial charge is 0.464 e. The van der Waals surface area contributed by atoms with Crippen LogP contribution in [0.2, 0.25) is 0 Å². The van der Waals surface area contributed by atoms with Crippen LogP contribution < -0.4 is 5.73 Å². The van der Waals surface area contributed by atoms with Crippen LogP contribution in [0.25, 0.3) is 0 Å². The van der Waals surface area contributed by atoms with Crippen molar-refractivity contribution in [2.75, 3.05) is 26.2 Å². The first-order valence-corrected chi connectivity index (χ1v) is 6.27. The second-order valence-electron chi connectivity index (χ2n) is 4.54. The first-order valence-electron chi connectivity index (χ1n) is 6.27. The third-order valence-corrected chi connectivity index (χ3v) is 3.02. The van der Waals surface area contributed by atoms with Crippen molar-refractivity contribution in [2.45, 2.75) is 38.8 Å². The molecule has 1 heterocycles. The molecule has 0 aromatic heterocycles. The SMILES string of the molecule is CC(=O)OC[C@@H]1C[C@H](OC(C)=O)CCN1CCN. The van der Waals surface area contributed by atoms with Crippen LogP contribution in [0.1, 0.15) is 26.7 Å². The number of piperidine rings is 1. The van der Waals surface area contributed by atoms with Gasteiger partial charge in [0.25, 0.3) is 0 Å². The smallest absolute Gasteiger partial charge is 0.302 e. The number of carbonyl (C=O) groups excluding carboxylic acids is 2. The number of likely N-dealkylation sites (tertiary alicyclic amines) is 1. The van der Waals surface area contributed by atoms with E-state index >= 15 is 0 Å². The lowest BCUT2D eigenvalue weighted by Gasteiger charge is -2.38. The van der Waals surface area contributed by atoms with E-state index in [1.54, 1.807) is 0 Å². The number of ether oxygens (including phenoxy) is 2. The molecule has 0 saturated carbocycles. The molecule has 18 heavy (non-hydrogen) atoms. The molecule has 1 saturated heterocycles. The highest BCUT2D eigenvalue weighted by molar-refractivity contribution is 5.66. The molecule has 1 aliphatic heterocycles. The predicted molar refractivity (Wildman–Crippen MR) is 65.8 cm³/mol. The molecular formula is C12H22N2O4. The minimum Gasteiger partial charge on any atom is -0.464 e. The Balaban J connectivity index is 2.52. The van der Waals surface area contributed by atoms with Gasteiger partial charge in [0.15, 0.2) is 0 Å². The maximum Gasteiger partial charge on any atom is 0.302 e. The van der Waals surface area contributed by atoms with E-state index in [1.807, 2.05) is 0 Å². The lowest BCUT2D eigenvalue weighted by atomic mass is 9.99. The second-order valence-corrected chi connectivity index (χ2v) is 4.54. The maximum absolute atomic E-state index is 11.0. The molecule has 0 aliphatic carbocycles. The van der Waals surface area contributed by atoms with Crippen molar-refractivity contribution < 1.29 is 19.1 Å². The Kier molecular flexibility index (Phi) is 6.07.